The number of para-hydroxylation sites is 2. The molecule has 0 aliphatic carbocycles. The molecular formula is C19H24N4O. The number of aliphatic hydroxyl groups is 1. The average molecular weight is 324 g/mol. The van der Waals surface area contributed by atoms with Gasteiger partial charge in [0.15, 0.2) is 5.82 Å². The highest BCUT2D eigenvalue weighted by Gasteiger charge is 2.24. The van der Waals surface area contributed by atoms with Crippen LogP contribution in [0.15, 0.2) is 30.0 Å². The van der Waals surface area contributed by atoms with Gasteiger partial charge >= 0.3 is 0 Å². The fourth-order valence-electron chi connectivity index (χ4n) is 3.82. The zero-order valence-corrected chi connectivity index (χ0v) is 14.5. The average Bonchev–Trinajstić information content (AvgIpc) is 2.84. The zero-order valence-electron chi connectivity index (χ0n) is 14.5. The topological polar surface area (TPSA) is 65.1 Å². The van der Waals surface area contributed by atoms with Crippen molar-refractivity contribution < 1.29 is 5.11 Å². The summed E-state index contributed by atoms with van der Waals surface area (Å²) >= 11 is 0. The van der Waals surface area contributed by atoms with Gasteiger partial charge in [0.05, 0.1) is 17.6 Å². The lowest BCUT2D eigenvalue weighted by molar-refractivity contribution is 0.138. The van der Waals surface area contributed by atoms with Gasteiger partial charge in [0.2, 0.25) is 0 Å². The third kappa shape index (κ3) is 3.15. The third-order valence-corrected chi connectivity index (χ3v) is 4.73. The van der Waals surface area contributed by atoms with Gasteiger partial charge in [-0.15, -0.1) is 0 Å². The SMILES string of the molecule is C[C@H]1C[C@H](C)CN(C/C(O)=C(\C#N)c2nc3ccccc3n2C)C1. The van der Waals surface area contributed by atoms with Crippen molar-refractivity contribution in [1.82, 2.24) is 14.5 Å². The van der Waals surface area contributed by atoms with Gasteiger partial charge in [0, 0.05) is 20.1 Å². The molecule has 2 atom stereocenters. The molecule has 1 N–H and O–H groups in total. The Bertz CT molecular complexity index is 804. The Balaban J connectivity index is 1.92. The summed E-state index contributed by atoms with van der Waals surface area (Å²) in [5.74, 6) is 1.86. The molecule has 0 saturated carbocycles. The highest BCUT2D eigenvalue weighted by molar-refractivity contribution is 5.83. The van der Waals surface area contributed by atoms with E-state index < -0.39 is 0 Å². The van der Waals surface area contributed by atoms with Crippen molar-refractivity contribution >= 4 is 16.6 Å². The molecular weight excluding hydrogens is 300 g/mol. The number of imidazole rings is 1. The van der Waals surface area contributed by atoms with E-state index in [9.17, 15) is 10.4 Å². The minimum Gasteiger partial charge on any atom is -0.509 e. The summed E-state index contributed by atoms with van der Waals surface area (Å²) in [6.07, 6.45) is 1.22. The number of nitrogens with zero attached hydrogens (tertiary/aromatic N) is 4. The second kappa shape index (κ2) is 6.66. The van der Waals surface area contributed by atoms with Gasteiger partial charge in [-0.2, -0.15) is 5.26 Å². The van der Waals surface area contributed by atoms with Gasteiger partial charge in [-0.05, 0) is 30.4 Å². The Morgan fingerprint density at radius 2 is 1.96 bits per heavy atom. The first-order valence-electron chi connectivity index (χ1n) is 8.46. The Morgan fingerprint density at radius 3 is 2.58 bits per heavy atom. The maximum atomic E-state index is 10.6. The summed E-state index contributed by atoms with van der Waals surface area (Å²) < 4.78 is 1.87. The highest BCUT2D eigenvalue weighted by Crippen LogP contribution is 2.25. The van der Waals surface area contributed by atoms with E-state index in [0.29, 0.717) is 24.2 Å². The van der Waals surface area contributed by atoms with Crippen LogP contribution in [0.2, 0.25) is 0 Å². The fourth-order valence-corrected chi connectivity index (χ4v) is 3.82. The Labute approximate surface area is 142 Å². The van der Waals surface area contributed by atoms with Gasteiger partial charge in [-0.3, -0.25) is 4.90 Å². The predicted molar refractivity (Wildman–Crippen MR) is 95.3 cm³/mol. The minimum absolute atomic E-state index is 0.109. The normalized spacial score (nSPS) is 23.1. The molecule has 1 aliphatic heterocycles. The minimum atomic E-state index is 0.109. The first kappa shape index (κ1) is 16.5. The smallest absolute Gasteiger partial charge is 0.155 e. The Hall–Kier alpha value is -2.32. The third-order valence-electron chi connectivity index (χ3n) is 4.73. The first-order valence-corrected chi connectivity index (χ1v) is 8.46. The van der Waals surface area contributed by atoms with Crippen molar-refractivity contribution in [2.75, 3.05) is 19.6 Å². The lowest BCUT2D eigenvalue weighted by Gasteiger charge is -2.34. The molecule has 5 nitrogen and oxygen atoms in total. The second-order valence-corrected chi connectivity index (χ2v) is 7.06. The van der Waals surface area contributed by atoms with Crippen LogP contribution in [0.1, 0.15) is 26.1 Å². The number of allylic oxidation sites excluding steroid dienone is 1. The summed E-state index contributed by atoms with van der Waals surface area (Å²) in [5, 5.41) is 20.2. The Morgan fingerprint density at radius 1 is 1.29 bits per heavy atom. The summed E-state index contributed by atoms with van der Waals surface area (Å²) in [7, 11) is 1.88. The maximum absolute atomic E-state index is 10.6. The van der Waals surface area contributed by atoms with Crippen molar-refractivity contribution in [1.29, 1.82) is 5.26 Å². The molecule has 1 aromatic carbocycles. The molecule has 0 unspecified atom stereocenters. The largest absolute Gasteiger partial charge is 0.509 e. The second-order valence-electron chi connectivity index (χ2n) is 7.06. The number of benzene rings is 1. The van der Waals surface area contributed by atoms with Gasteiger partial charge in [-0.1, -0.05) is 26.0 Å². The van der Waals surface area contributed by atoms with Crippen LogP contribution in [-0.2, 0) is 7.05 Å². The lowest BCUT2D eigenvalue weighted by atomic mass is 9.92. The molecule has 2 heterocycles. The number of hydrogen-bond donors (Lipinski definition) is 1. The van der Waals surface area contributed by atoms with Crippen LogP contribution in [0.5, 0.6) is 0 Å². The van der Waals surface area contributed by atoms with E-state index in [1.54, 1.807) is 0 Å². The molecule has 1 fully saturated rings. The van der Waals surface area contributed by atoms with Crippen LogP contribution < -0.4 is 0 Å². The van der Waals surface area contributed by atoms with E-state index in [1.807, 2.05) is 35.9 Å². The van der Waals surface area contributed by atoms with E-state index in [-0.39, 0.29) is 11.3 Å². The van der Waals surface area contributed by atoms with Crippen molar-refractivity contribution in [2.24, 2.45) is 18.9 Å². The number of piperidine rings is 1. The number of fused-ring (bicyclic) bond motifs is 1. The Kier molecular flexibility index (Phi) is 4.59. The van der Waals surface area contributed by atoms with E-state index in [0.717, 1.165) is 24.1 Å². The molecule has 1 aliphatic rings. The fraction of sp³-hybridized carbons (Fsp3) is 0.474. The van der Waals surface area contributed by atoms with Crippen LogP contribution >= 0.6 is 0 Å². The number of aromatic nitrogens is 2. The molecule has 0 spiro atoms. The van der Waals surface area contributed by atoms with Crippen LogP contribution in [0.4, 0.5) is 0 Å². The lowest BCUT2D eigenvalue weighted by Crippen LogP contribution is -2.39. The van der Waals surface area contributed by atoms with Crippen molar-refractivity contribution in [3.63, 3.8) is 0 Å². The standard InChI is InChI=1S/C19H24N4O/c1-13-8-14(2)11-23(10-13)12-18(24)15(9-20)19-21-16-6-4-5-7-17(16)22(19)3/h4-7,13-14,24H,8,10-12H2,1-3H3/b18-15-/t13-,14-/m0/s1. The summed E-state index contributed by atoms with van der Waals surface area (Å²) in [6, 6.07) is 9.90. The number of nitriles is 1. The van der Waals surface area contributed by atoms with E-state index in [2.05, 4.69) is 29.8 Å². The molecule has 0 amide bonds. The molecule has 0 radical (unpaired) electrons. The number of aryl methyl sites for hydroxylation is 1. The molecule has 0 bridgehead atoms. The van der Waals surface area contributed by atoms with Crippen LogP contribution in [-0.4, -0.2) is 39.2 Å². The van der Waals surface area contributed by atoms with Crippen LogP contribution in [0.3, 0.4) is 0 Å². The molecule has 5 heteroatoms. The predicted octanol–water partition coefficient (Wildman–Crippen LogP) is 3.34. The number of likely N-dealkylation sites (tertiary alicyclic amines) is 1. The summed E-state index contributed by atoms with van der Waals surface area (Å²) in [6.45, 7) is 6.78. The molecule has 1 aromatic heterocycles. The summed E-state index contributed by atoms with van der Waals surface area (Å²) in [5.41, 5.74) is 2.05. The summed E-state index contributed by atoms with van der Waals surface area (Å²) in [4.78, 5) is 6.76. The quantitative estimate of drug-likeness (QED) is 0.694. The number of hydrogen-bond acceptors (Lipinski definition) is 4. The van der Waals surface area contributed by atoms with E-state index in [4.69, 9.17) is 0 Å². The highest BCUT2D eigenvalue weighted by atomic mass is 16.3. The van der Waals surface area contributed by atoms with Crippen molar-refractivity contribution in [2.45, 2.75) is 20.3 Å². The molecule has 2 aromatic rings. The van der Waals surface area contributed by atoms with Gasteiger partial charge < -0.3 is 9.67 Å². The van der Waals surface area contributed by atoms with Gasteiger partial charge in [-0.25, -0.2) is 4.98 Å². The molecule has 24 heavy (non-hydrogen) atoms. The molecule has 126 valence electrons. The number of rotatable bonds is 3. The zero-order chi connectivity index (χ0) is 17.3. The van der Waals surface area contributed by atoms with Crippen LogP contribution in [0.25, 0.3) is 16.6 Å². The monoisotopic (exact) mass is 324 g/mol. The van der Waals surface area contributed by atoms with Gasteiger partial charge in [0.1, 0.15) is 17.4 Å². The van der Waals surface area contributed by atoms with Crippen molar-refractivity contribution in [3.8, 4) is 6.07 Å². The van der Waals surface area contributed by atoms with Gasteiger partial charge in [0.25, 0.3) is 0 Å². The van der Waals surface area contributed by atoms with Crippen molar-refractivity contribution in [3.05, 3.63) is 35.8 Å². The number of aliphatic hydroxyl groups excluding tert-OH is 1. The molecule has 1 saturated heterocycles. The maximum Gasteiger partial charge on any atom is 0.155 e. The van der Waals surface area contributed by atoms with Crippen LogP contribution in [0, 0.1) is 23.2 Å². The van der Waals surface area contributed by atoms with E-state index >= 15 is 0 Å². The first-order chi connectivity index (χ1) is 11.5. The molecule has 3 rings (SSSR count). The van der Waals surface area contributed by atoms with E-state index in [1.165, 1.54) is 6.42 Å².